The van der Waals surface area contributed by atoms with Crippen molar-refractivity contribution in [3.05, 3.63) is 0 Å². The van der Waals surface area contributed by atoms with Gasteiger partial charge in [0.2, 0.25) is 0 Å². The molecule has 0 rings (SSSR count). The van der Waals surface area contributed by atoms with Crippen molar-refractivity contribution < 1.29 is 14.0 Å². The first-order chi connectivity index (χ1) is 9.06. The second kappa shape index (κ2) is 13.5. The number of unbranched alkanes of at least 4 members (excludes halogenated alkanes) is 11. The highest BCUT2D eigenvalue weighted by atomic mass is 32.7. The molecule has 0 aliphatic rings. The molecule has 0 amide bonds. The first-order valence-electron chi connectivity index (χ1n) is 7.76. The van der Waals surface area contributed by atoms with Gasteiger partial charge >= 0.3 is 6.80 Å². The minimum atomic E-state index is -3.55. The minimum Gasteiger partial charge on any atom is -0.317 e. The van der Waals surface area contributed by atoms with Gasteiger partial charge in [-0.15, -0.1) is 0 Å². The molecule has 0 aromatic rings. The molecule has 19 heavy (non-hydrogen) atoms. The van der Waals surface area contributed by atoms with Gasteiger partial charge in [-0.2, -0.15) is 0 Å². The molecule has 0 bridgehead atoms. The van der Waals surface area contributed by atoms with Crippen LogP contribution in [0, 0.1) is 0 Å². The van der Waals surface area contributed by atoms with Gasteiger partial charge in [-0.1, -0.05) is 89.8 Å². The summed E-state index contributed by atoms with van der Waals surface area (Å²) in [5.41, 5.74) is 0. The standard InChI is InChI=1S/C14H31O3PS/c1-2-3-4-5-6-7-8-9-10-11-12-13-14-17-18(15,16)19/h2-14H2,1H3,(H2,15,16,19). The van der Waals surface area contributed by atoms with E-state index in [-0.39, 0.29) is 0 Å². The Labute approximate surface area is 124 Å². The average Bonchev–Trinajstić information content (AvgIpc) is 2.34. The van der Waals surface area contributed by atoms with Crippen molar-refractivity contribution in [1.29, 1.82) is 0 Å². The van der Waals surface area contributed by atoms with Crippen LogP contribution >= 0.6 is 19.0 Å². The van der Waals surface area contributed by atoms with Crippen LogP contribution in [0.3, 0.4) is 0 Å². The highest BCUT2D eigenvalue weighted by Crippen LogP contribution is 2.46. The molecule has 0 aromatic heterocycles. The first kappa shape index (κ1) is 19.5. The van der Waals surface area contributed by atoms with E-state index in [0.29, 0.717) is 6.61 Å². The van der Waals surface area contributed by atoms with Crippen molar-refractivity contribution in [3.8, 4) is 0 Å². The zero-order valence-electron chi connectivity index (χ0n) is 12.4. The van der Waals surface area contributed by atoms with Gasteiger partial charge in [0.05, 0.1) is 6.61 Å². The molecular formula is C14H31O3PS. The van der Waals surface area contributed by atoms with Gasteiger partial charge in [-0.25, -0.2) is 4.57 Å². The fourth-order valence-corrected chi connectivity index (χ4v) is 2.74. The van der Waals surface area contributed by atoms with Crippen LogP contribution in [0.15, 0.2) is 0 Å². The smallest absolute Gasteiger partial charge is 0.317 e. The van der Waals surface area contributed by atoms with E-state index in [1.807, 2.05) is 0 Å². The molecule has 0 saturated carbocycles. The van der Waals surface area contributed by atoms with Crippen LogP contribution in [0.25, 0.3) is 0 Å². The molecule has 116 valence electrons. The fraction of sp³-hybridized carbons (Fsp3) is 1.00. The summed E-state index contributed by atoms with van der Waals surface area (Å²) in [5.74, 6) is 0. The lowest BCUT2D eigenvalue weighted by Crippen LogP contribution is -1.89. The van der Waals surface area contributed by atoms with E-state index < -0.39 is 6.80 Å². The Hall–Kier alpha value is 0.500. The van der Waals surface area contributed by atoms with E-state index in [2.05, 4.69) is 19.2 Å². The summed E-state index contributed by atoms with van der Waals surface area (Å²) in [6, 6.07) is 0. The molecule has 0 saturated heterocycles. The van der Waals surface area contributed by atoms with Crippen LogP contribution in [-0.2, 0) is 9.09 Å². The monoisotopic (exact) mass is 310 g/mol. The van der Waals surface area contributed by atoms with E-state index in [4.69, 9.17) is 9.42 Å². The Morgan fingerprint density at radius 2 is 1.21 bits per heavy atom. The molecule has 5 heteroatoms. The third-order valence-electron chi connectivity index (χ3n) is 3.26. The number of hydrogen-bond acceptors (Lipinski definition) is 2. The lowest BCUT2D eigenvalue weighted by molar-refractivity contribution is 0.268. The predicted molar refractivity (Wildman–Crippen MR) is 85.8 cm³/mol. The summed E-state index contributed by atoms with van der Waals surface area (Å²) in [4.78, 5) is 8.79. The third-order valence-corrected chi connectivity index (χ3v) is 4.12. The van der Waals surface area contributed by atoms with Crippen LogP contribution in [0.2, 0.25) is 0 Å². The number of thiol groups is 1. The molecule has 3 nitrogen and oxygen atoms in total. The maximum Gasteiger partial charge on any atom is 0.383 e. The molecule has 1 atom stereocenters. The molecule has 1 unspecified atom stereocenters. The zero-order valence-corrected chi connectivity index (χ0v) is 14.1. The highest BCUT2D eigenvalue weighted by Gasteiger charge is 2.09. The second-order valence-electron chi connectivity index (χ2n) is 5.21. The Morgan fingerprint density at radius 1 is 0.842 bits per heavy atom. The van der Waals surface area contributed by atoms with E-state index in [9.17, 15) is 4.57 Å². The SMILES string of the molecule is CCCCCCCCCCCCCCOP(=O)(O)S. The van der Waals surface area contributed by atoms with Crippen molar-refractivity contribution in [3.63, 3.8) is 0 Å². The van der Waals surface area contributed by atoms with Gasteiger partial charge < -0.3 is 9.42 Å². The lowest BCUT2D eigenvalue weighted by atomic mass is 10.1. The van der Waals surface area contributed by atoms with Gasteiger partial charge in [0.1, 0.15) is 0 Å². The van der Waals surface area contributed by atoms with Gasteiger partial charge in [0, 0.05) is 0 Å². The number of hydrogen-bond donors (Lipinski definition) is 2. The van der Waals surface area contributed by atoms with Gasteiger partial charge in [-0.05, 0) is 6.42 Å². The summed E-state index contributed by atoms with van der Waals surface area (Å²) in [6.45, 7) is -0.961. The summed E-state index contributed by atoms with van der Waals surface area (Å²) < 4.78 is 15.4. The van der Waals surface area contributed by atoms with Crippen LogP contribution < -0.4 is 0 Å². The predicted octanol–water partition coefficient (Wildman–Crippen LogP) is 5.73. The molecule has 0 spiro atoms. The fourth-order valence-electron chi connectivity index (χ4n) is 2.13. The summed E-state index contributed by atoms with van der Waals surface area (Å²) in [5, 5.41) is 0. The van der Waals surface area contributed by atoms with Crippen molar-refractivity contribution in [2.45, 2.75) is 84.0 Å². The van der Waals surface area contributed by atoms with E-state index in [0.717, 1.165) is 12.8 Å². The van der Waals surface area contributed by atoms with Crippen molar-refractivity contribution >= 4 is 19.0 Å². The Balaban J connectivity index is 3.01. The van der Waals surface area contributed by atoms with Crippen LogP contribution in [0.1, 0.15) is 84.0 Å². The number of rotatable bonds is 14. The summed E-state index contributed by atoms with van der Waals surface area (Å²) >= 11 is 3.46. The van der Waals surface area contributed by atoms with Gasteiger partial charge in [0.25, 0.3) is 0 Å². The molecular weight excluding hydrogens is 279 g/mol. The van der Waals surface area contributed by atoms with E-state index in [1.54, 1.807) is 0 Å². The van der Waals surface area contributed by atoms with E-state index in [1.165, 1.54) is 64.2 Å². The largest absolute Gasteiger partial charge is 0.383 e. The maximum atomic E-state index is 10.7. The third kappa shape index (κ3) is 18.5. The van der Waals surface area contributed by atoms with Gasteiger partial charge in [0.15, 0.2) is 0 Å². The Kier molecular flexibility index (Phi) is 13.8. The van der Waals surface area contributed by atoms with Crippen molar-refractivity contribution in [2.24, 2.45) is 0 Å². The lowest BCUT2D eigenvalue weighted by Gasteiger charge is -2.05. The molecule has 0 aliphatic carbocycles. The minimum absolute atomic E-state index is 0.342. The van der Waals surface area contributed by atoms with Gasteiger partial charge in [-0.3, -0.25) is 0 Å². The second-order valence-corrected chi connectivity index (χ2v) is 7.97. The first-order valence-corrected chi connectivity index (χ1v) is 10.5. The molecule has 0 fully saturated rings. The quantitative estimate of drug-likeness (QED) is 0.244. The van der Waals surface area contributed by atoms with Crippen molar-refractivity contribution in [1.82, 2.24) is 0 Å². The highest BCUT2D eigenvalue weighted by molar-refractivity contribution is 8.44. The van der Waals surface area contributed by atoms with Crippen LogP contribution in [0.4, 0.5) is 0 Å². The summed E-state index contributed by atoms with van der Waals surface area (Å²) in [7, 11) is 0. The molecule has 0 heterocycles. The molecule has 0 aliphatic heterocycles. The molecule has 1 N–H and O–H groups in total. The average molecular weight is 310 g/mol. The Morgan fingerprint density at radius 3 is 1.58 bits per heavy atom. The Bertz CT molecular complexity index is 231. The summed E-state index contributed by atoms with van der Waals surface area (Å²) in [6.07, 6.45) is 15.3. The zero-order chi connectivity index (χ0) is 14.4. The van der Waals surface area contributed by atoms with Crippen LogP contribution in [-0.4, -0.2) is 11.5 Å². The molecule has 0 radical (unpaired) electrons. The van der Waals surface area contributed by atoms with Crippen LogP contribution in [0.5, 0.6) is 0 Å². The van der Waals surface area contributed by atoms with Crippen molar-refractivity contribution in [2.75, 3.05) is 6.61 Å². The van der Waals surface area contributed by atoms with E-state index >= 15 is 0 Å². The normalized spacial score (nSPS) is 14.5. The topological polar surface area (TPSA) is 46.5 Å². The maximum absolute atomic E-state index is 10.7. The molecule has 0 aromatic carbocycles.